The van der Waals surface area contributed by atoms with Crippen LogP contribution in [0.2, 0.25) is 0 Å². The van der Waals surface area contributed by atoms with E-state index in [-0.39, 0.29) is 11.8 Å². The number of nitrogens with one attached hydrogen (secondary N) is 1. The second kappa shape index (κ2) is 5.72. The molecular weight excluding hydrogens is 336 g/mol. The molecule has 0 radical (unpaired) electrons. The first-order valence-corrected chi connectivity index (χ1v) is 8.69. The molecule has 0 aliphatic heterocycles. The molecule has 0 fully saturated rings. The standard InChI is InChI=1S/C19H21F2N5/c1-10-5-6-11(2)15-9-13(8-14(10)15)23-16-7-12(3)22-18-24-17(19(4,20)21)25-26(16)18/h5-7,13,23H,8-9H2,1-4H3. The normalized spacial score (nSPS) is 14.8. The number of anilines is 1. The smallest absolute Gasteiger partial charge is 0.305 e. The lowest BCUT2D eigenvalue weighted by atomic mass is 10.0. The maximum absolute atomic E-state index is 13.6. The molecule has 26 heavy (non-hydrogen) atoms. The zero-order valence-electron chi connectivity index (χ0n) is 15.3. The summed E-state index contributed by atoms with van der Waals surface area (Å²) in [6, 6.07) is 6.31. The Balaban J connectivity index is 1.69. The molecule has 0 unspecified atom stereocenters. The zero-order chi connectivity index (χ0) is 18.6. The number of hydrogen-bond acceptors (Lipinski definition) is 4. The molecule has 7 heteroatoms. The fourth-order valence-electron chi connectivity index (χ4n) is 3.65. The number of aromatic nitrogens is 4. The van der Waals surface area contributed by atoms with Crippen molar-refractivity contribution in [2.45, 2.75) is 52.5 Å². The number of aryl methyl sites for hydroxylation is 3. The second-order valence-corrected chi connectivity index (χ2v) is 7.22. The summed E-state index contributed by atoms with van der Waals surface area (Å²) in [5.41, 5.74) is 6.05. The van der Waals surface area contributed by atoms with Crippen molar-refractivity contribution in [1.29, 1.82) is 0 Å². The van der Waals surface area contributed by atoms with E-state index >= 15 is 0 Å². The first-order chi connectivity index (χ1) is 12.2. The fraction of sp³-hybridized carbons (Fsp3) is 0.421. The lowest BCUT2D eigenvalue weighted by Crippen LogP contribution is -2.22. The number of rotatable bonds is 3. The summed E-state index contributed by atoms with van der Waals surface area (Å²) in [5.74, 6) is -2.79. The highest BCUT2D eigenvalue weighted by Gasteiger charge is 2.31. The van der Waals surface area contributed by atoms with Crippen LogP contribution in [-0.2, 0) is 18.8 Å². The molecule has 5 nitrogen and oxygen atoms in total. The molecule has 0 amide bonds. The van der Waals surface area contributed by atoms with E-state index in [1.807, 2.05) is 13.0 Å². The second-order valence-electron chi connectivity index (χ2n) is 7.22. The van der Waals surface area contributed by atoms with E-state index < -0.39 is 11.7 Å². The SMILES string of the molecule is Cc1cc(NC2Cc3c(C)ccc(C)c3C2)n2nc(C(C)(F)F)nc2n1. The molecule has 3 aromatic rings. The van der Waals surface area contributed by atoms with Gasteiger partial charge in [-0.25, -0.2) is 4.98 Å². The van der Waals surface area contributed by atoms with E-state index in [2.05, 4.69) is 46.4 Å². The molecule has 0 saturated heterocycles. The highest BCUT2D eigenvalue weighted by molar-refractivity contribution is 5.50. The van der Waals surface area contributed by atoms with Crippen molar-refractivity contribution in [3.05, 3.63) is 52.0 Å². The molecule has 1 aliphatic carbocycles. The fourth-order valence-corrected chi connectivity index (χ4v) is 3.65. The van der Waals surface area contributed by atoms with Gasteiger partial charge in [0, 0.05) is 24.7 Å². The first-order valence-electron chi connectivity index (χ1n) is 8.69. The van der Waals surface area contributed by atoms with Crippen LogP contribution in [0.3, 0.4) is 0 Å². The highest BCUT2D eigenvalue weighted by atomic mass is 19.3. The van der Waals surface area contributed by atoms with Gasteiger partial charge in [0.15, 0.2) is 0 Å². The quantitative estimate of drug-likeness (QED) is 0.776. The van der Waals surface area contributed by atoms with Crippen LogP contribution in [0.4, 0.5) is 14.6 Å². The van der Waals surface area contributed by atoms with Crippen LogP contribution in [0, 0.1) is 20.8 Å². The molecule has 136 valence electrons. The Morgan fingerprint density at radius 3 is 2.27 bits per heavy atom. The predicted octanol–water partition coefficient (Wildman–Crippen LogP) is 3.74. The molecule has 4 rings (SSSR count). The van der Waals surface area contributed by atoms with Crippen molar-refractivity contribution in [1.82, 2.24) is 19.6 Å². The summed E-state index contributed by atoms with van der Waals surface area (Å²) in [6.07, 6.45) is 1.80. The van der Waals surface area contributed by atoms with Crippen molar-refractivity contribution in [3.63, 3.8) is 0 Å². The molecule has 1 N–H and O–H groups in total. The number of benzene rings is 1. The molecule has 2 heterocycles. The topological polar surface area (TPSA) is 55.1 Å². The van der Waals surface area contributed by atoms with Crippen LogP contribution in [0.25, 0.3) is 5.78 Å². The van der Waals surface area contributed by atoms with E-state index in [1.165, 1.54) is 26.8 Å². The van der Waals surface area contributed by atoms with Crippen LogP contribution in [0.5, 0.6) is 0 Å². The van der Waals surface area contributed by atoms with Crippen molar-refractivity contribution >= 4 is 11.6 Å². The van der Waals surface area contributed by atoms with E-state index in [9.17, 15) is 8.78 Å². The number of hydrogen-bond donors (Lipinski definition) is 1. The van der Waals surface area contributed by atoms with Gasteiger partial charge in [0.2, 0.25) is 5.82 Å². The molecule has 0 bridgehead atoms. The van der Waals surface area contributed by atoms with Crippen LogP contribution in [-0.4, -0.2) is 25.6 Å². The van der Waals surface area contributed by atoms with E-state index in [1.54, 1.807) is 0 Å². The summed E-state index contributed by atoms with van der Waals surface area (Å²) < 4.78 is 28.6. The summed E-state index contributed by atoms with van der Waals surface area (Å²) >= 11 is 0. The third-order valence-corrected chi connectivity index (χ3v) is 4.99. The third-order valence-electron chi connectivity index (χ3n) is 4.99. The van der Waals surface area contributed by atoms with Gasteiger partial charge in [0.1, 0.15) is 5.82 Å². The summed E-state index contributed by atoms with van der Waals surface area (Å²) in [4.78, 5) is 8.13. The van der Waals surface area contributed by atoms with Gasteiger partial charge >= 0.3 is 5.92 Å². The molecule has 2 aromatic heterocycles. The molecule has 1 aliphatic rings. The Morgan fingerprint density at radius 1 is 1.08 bits per heavy atom. The van der Waals surface area contributed by atoms with E-state index in [4.69, 9.17) is 0 Å². The van der Waals surface area contributed by atoms with Gasteiger partial charge in [-0.15, -0.1) is 5.10 Å². The van der Waals surface area contributed by atoms with Crippen LogP contribution in [0.1, 0.15) is 40.7 Å². The van der Waals surface area contributed by atoms with Gasteiger partial charge in [0.05, 0.1) is 0 Å². The van der Waals surface area contributed by atoms with Crippen molar-refractivity contribution in [2.24, 2.45) is 0 Å². The number of alkyl halides is 2. The number of fused-ring (bicyclic) bond motifs is 2. The Hall–Kier alpha value is -2.57. The average Bonchev–Trinajstić information content (AvgIpc) is 3.15. The van der Waals surface area contributed by atoms with Gasteiger partial charge in [-0.05, 0) is 55.9 Å². The Morgan fingerprint density at radius 2 is 1.69 bits per heavy atom. The van der Waals surface area contributed by atoms with Crippen molar-refractivity contribution < 1.29 is 8.78 Å². The maximum Gasteiger partial charge on any atom is 0.305 e. The predicted molar refractivity (Wildman–Crippen MR) is 95.8 cm³/mol. The van der Waals surface area contributed by atoms with Crippen LogP contribution < -0.4 is 5.32 Å². The zero-order valence-corrected chi connectivity index (χ0v) is 15.3. The number of nitrogens with zero attached hydrogens (tertiary/aromatic N) is 4. The minimum atomic E-state index is -3.10. The minimum Gasteiger partial charge on any atom is -0.366 e. The van der Waals surface area contributed by atoms with Gasteiger partial charge < -0.3 is 5.32 Å². The lowest BCUT2D eigenvalue weighted by molar-refractivity contribution is 0.00800. The molecule has 0 atom stereocenters. The maximum atomic E-state index is 13.6. The van der Waals surface area contributed by atoms with Crippen LogP contribution >= 0.6 is 0 Å². The summed E-state index contributed by atoms with van der Waals surface area (Å²) in [5, 5.41) is 7.45. The monoisotopic (exact) mass is 357 g/mol. The molecular formula is C19H21F2N5. The molecule has 0 saturated carbocycles. The van der Waals surface area contributed by atoms with E-state index in [0.717, 1.165) is 19.8 Å². The Bertz CT molecular complexity index is 972. The Labute approximate surface area is 150 Å². The van der Waals surface area contributed by atoms with Gasteiger partial charge in [-0.2, -0.15) is 18.3 Å². The summed E-state index contributed by atoms with van der Waals surface area (Å²) in [6.45, 7) is 6.87. The minimum absolute atomic E-state index is 0.185. The van der Waals surface area contributed by atoms with Gasteiger partial charge in [-0.1, -0.05) is 12.1 Å². The largest absolute Gasteiger partial charge is 0.366 e. The lowest BCUT2D eigenvalue weighted by Gasteiger charge is -2.15. The number of halogens is 2. The molecule has 1 aromatic carbocycles. The average molecular weight is 357 g/mol. The highest BCUT2D eigenvalue weighted by Crippen LogP contribution is 2.30. The Kier molecular flexibility index (Phi) is 3.71. The first kappa shape index (κ1) is 16.9. The molecule has 0 spiro atoms. The van der Waals surface area contributed by atoms with Gasteiger partial charge in [-0.3, -0.25) is 0 Å². The van der Waals surface area contributed by atoms with E-state index in [0.29, 0.717) is 11.5 Å². The summed E-state index contributed by atoms with van der Waals surface area (Å²) in [7, 11) is 0. The van der Waals surface area contributed by atoms with Gasteiger partial charge in [0.25, 0.3) is 5.78 Å². The third kappa shape index (κ3) is 2.81. The van der Waals surface area contributed by atoms with Crippen LogP contribution in [0.15, 0.2) is 18.2 Å². The van der Waals surface area contributed by atoms with Crippen molar-refractivity contribution in [2.75, 3.05) is 5.32 Å². The van der Waals surface area contributed by atoms with Crippen molar-refractivity contribution in [3.8, 4) is 0 Å².